The molecule has 0 aromatic carbocycles. The number of carbonyl (C=O) groups excluding carboxylic acids is 1. The van der Waals surface area contributed by atoms with Crippen molar-refractivity contribution in [2.45, 2.75) is 17.9 Å². The van der Waals surface area contributed by atoms with E-state index in [1.54, 1.807) is 0 Å². The smallest absolute Gasteiger partial charge is 0.327 e. The van der Waals surface area contributed by atoms with Crippen LogP contribution in [0.25, 0.3) is 0 Å². The number of nitrogens with one attached hydrogen (secondary N) is 1. The summed E-state index contributed by atoms with van der Waals surface area (Å²) in [6.45, 7) is -0.277. The number of anilines is 1. The maximum atomic E-state index is 12.8. The third-order valence-corrected chi connectivity index (χ3v) is 4.07. The molecule has 2 rings (SSSR count). The fraction of sp³-hybridized carbons (Fsp3) is 0.364. The Labute approximate surface area is 129 Å². The molecule has 0 bridgehead atoms. The van der Waals surface area contributed by atoms with E-state index >= 15 is 0 Å². The van der Waals surface area contributed by atoms with Gasteiger partial charge >= 0.3 is 5.97 Å². The maximum Gasteiger partial charge on any atom is 0.327 e. The minimum atomic E-state index is -4.15. The number of esters is 1. The lowest BCUT2D eigenvalue weighted by molar-refractivity contribution is -0.141. The van der Waals surface area contributed by atoms with Crippen LogP contribution in [0.1, 0.15) is 12.1 Å². The van der Waals surface area contributed by atoms with Gasteiger partial charge in [-0.3, -0.25) is 18.9 Å². The molecule has 0 saturated carbocycles. The molecule has 2 aromatic rings. The third kappa shape index (κ3) is 3.83. The summed E-state index contributed by atoms with van der Waals surface area (Å²) in [5.41, 5.74) is -1.01. The van der Waals surface area contributed by atoms with Crippen LogP contribution in [0.2, 0.25) is 0 Å². The average molecular weight is 349 g/mol. The molecule has 0 aliphatic rings. The Kier molecular flexibility index (Phi) is 4.63. The van der Waals surface area contributed by atoms with Crippen LogP contribution < -0.4 is 4.72 Å². The Morgan fingerprint density at radius 2 is 2.13 bits per heavy atom. The number of aryl methyl sites for hydroxylation is 1. The topological polar surface area (TPSA) is 108 Å². The zero-order valence-corrected chi connectivity index (χ0v) is 12.9. The van der Waals surface area contributed by atoms with E-state index in [-0.39, 0.29) is 17.1 Å². The molecule has 0 radical (unpaired) electrons. The minimum Gasteiger partial charge on any atom is -0.468 e. The van der Waals surface area contributed by atoms with E-state index in [0.717, 1.165) is 28.0 Å². The highest BCUT2D eigenvalue weighted by Crippen LogP contribution is 2.27. The first-order chi connectivity index (χ1) is 10.7. The van der Waals surface area contributed by atoms with Crippen molar-refractivity contribution in [3.8, 4) is 0 Å². The average Bonchev–Trinajstić information content (AvgIpc) is 3.05. The Balaban J connectivity index is 2.24. The number of hydrogen-bond donors (Lipinski definition) is 1. The first-order valence-electron chi connectivity index (χ1n) is 6.16. The Bertz CT molecular complexity index is 814. The van der Waals surface area contributed by atoms with Gasteiger partial charge in [-0.05, 0) is 0 Å². The summed E-state index contributed by atoms with van der Waals surface area (Å²) in [6, 6.07) is 0. The lowest BCUT2D eigenvalue weighted by Gasteiger charge is -2.05. The van der Waals surface area contributed by atoms with Crippen LogP contribution in [0.5, 0.6) is 0 Å². The fourth-order valence-corrected chi connectivity index (χ4v) is 2.73. The van der Waals surface area contributed by atoms with Crippen LogP contribution in [0.15, 0.2) is 23.5 Å². The summed E-state index contributed by atoms with van der Waals surface area (Å²) >= 11 is 0. The van der Waals surface area contributed by atoms with Crippen LogP contribution in [-0.4, -0.2) is 41.1 Å². The molecule has 2 heterocycles. The van der Waals surface area contributed by atoms with Gasteiger partial charge in [0.2, 0.25) is 0 Å². The van der Waals surface area contributed by atoms with Crippen molar-refractivity contribution < 1.29 is 26.7 Å². The first-order valence-corrected chi connectivity index (χ1v) is 7.65. The largest absolute Gasteiger partial charge is 0.468 e. The Morgan fingerprint density at radius 1 is 1.43 bits per heavy atom. The number of sulfonamides is 1. The molecule has 0 aliphatic heterocycles. The highest BCUT2D eigenvalue weighted by Gasteiger charge is 2.24. The summed E-state index contributed by atoms with van der Waals surface area (Å²) in [4.78, 5) is 10.8. The van der Waals surface area contributed by atoms with Crippen molar-refractivity contribution in [3.63, 3.8) is 0 Å². The fourth-order valence-electron chi connectivity index (χ4n) is 1.72. The van der Waals surface area contributed by atoms with Gasteiger partial charge in [0.25, 0.3) is 16.4 Å². The molecule has 0 fully saturated rings. The second-order valence-corrected chi connectivity index (χ2v) is 6.14. The Hall–Kier alpha value is -2.50. The van der Waals surface area contributed by atoms with E-state index in [9.17, 15) is 22.0 Å². The number of aromatic nitrogens is 4. The number of ether oxygens (including phenoxy) is 1. The summed E-state index contributed by atoms with van der Waals surface area (Å²) in [5, 5.41) is 7.20. The van der Waals surface area contributed by atoms with Crippen molar-refractivity contribution >= 4 is 21.7 Å². The number of carbonyl (C=O) groups is 1. The van der Waals surface area contributed by atoms with Gasteiger partial charge in [0.1, 0.15) is 11.4 Å². The predicted molar refractivity (Wildman–Crippen MR) is 73.2 cm³/mol. The summed E-state index contributed by atoms with van der Waals surface area (Å²) in [5.74, 6) is -0.614. The molecule has 126 valence electrons. The van der Waals surface area contributed by atoms with Crippen LogP contribution in [0, 0.1) is 0 Å². The highest BCUT2D eigenvalue weighted by atomic mass is 32.2. The molecule has 1 N–H and O–H groups in total. The van der Waals surface area contributed by atoms with Gasteiger partial charge in [0, 0.05) is 19.4 Å². The lowest BCUT2D eigenvalue weighted by atomic mass is 10.4. The van der Waals surface area contributed by atoms with E-state index in [2.05, 4.69) is 14.9 Å². The zero-order valence-electron chi connectivity index (χ0n) is 12.1. The Morgan fingerprint density at radius 3 is 2.74 bits per heavy atom. The predicted octanol–water partition coefficient (Wildman–Crippen LogP) is 0.528. The van der Waals surface area contributed by atoms with Crippen LogP contribution in [0.4, 0.5) is 14.5 Å². The maximum absolute atomic E-state index is 12.8. The number of halogens is 2. The van der Waals surface area contributed by atoms with E-state index in [1.807, 2.05) is 4.72 Å². The van der Waals surface area contributed by atoms with E-state index in [0.29, 0.717) is 0 Å². The molecule has 0 spiro atoms. The van der Waals surface area contributed by atoms with Gasteiger partial charge in [0.05, 0.1) is 19.0 Å². The SMILES string of the molecule is COC(=O)Cn1cc(S(=O)(=O)Nc2cn(C)nc2C(F)F)cn1. The van der Waals surface area contributed by atoms with Gasteiger partial charge in [-0.15, -0.1) is 0 Å². The van der Waals surface area contributed by atoms with Crippen LogP contribution in [-0.2, 0) is 33.1 Å². The van der Waals surface area contributed by atoms with Crippen molar-refractivity contribution in [2.75, 3.05) is 11.8 Å². The van der Waals surface area contributed by atoms with Crippen molar-refractivity contribution in [1.82, 2.24) is 19.6 Å². The molecule has 0 aliphatic carbocycles. The second-order valence-electron chi connectivity index (χ2n) is 4.46. The van der Waals surface area contributed by atoms with Crippen molar-refractivity contribution in [2.24, 2.45) is 7.05 Å². The molecular weight excluding hydrogens is 336 g/mol. The normalized spacial score (nSPS) is 11.7. The van der Waals surface area contributed by atoms with E-state index in [1.165, 1.54) is 14.2 Å². The molecule has 9 nitrogen and oxygen atoms in total. The summed E-state index contributed by atoms with van der Waals surface area (Å²) in [6.07, 6.45) is 0.259. The van der Waals surface area contributed by atoms with Gasteiger partial charge in [-0.1, -0.05) is 0 Å². The number of alkyl halides is 2. The molecular formula is C11H13F2N5O4S. The number of nitrogens with zero attached hydrogens (tertiary/aromatic N) is 4. The van der Waals surface area contributed by atoms with Gasteiger partial charge < -0.3 is 4.74 Å². The van der Waals surface area contributed by atoms with Gasteiger partial charge in [-0.25, -0.2) is 17.2 Å². The quantitative estimate of drug-likeness (QED) is 0.762. The molecule has 0 unspecified atom stereocenters. The standard InChI is InChI=1S/C11H13F2N5O4S/c1-17-5-8(10(15-17)11(12)13)16-23(20,21)7-3-14-18(4-7)6-9(19)22-2/h3-5,11,16H,6H2,1-2H3. The molecule has 2 aromatic heterocycles. The summed E-state index contributed by atoms with van der Waals surface area (Å²) < 4.78 is 58.6. The molecule has 0 atom stereocenters. The van der Waals surface area contributed by atoms with Crippen LogP contribution in [0.3, 0.4) is 0 Å². The molecule has 12 heteroatoms. The number of hydrogen-bond acceptors (Lipinski definition) is 6. The number of methoxy groups -OCH3 is 1. The van der Waals surface area contributed by atoms with Gasteiger partial charge in [-0.2, -0.15) is 10.2 Å². The lowest BCUT2D eigenvalue weighted by Crippen LogP contribution is -2.14. The number of rotatable bonds is 6. The second kappa shape index (κ2) is 6.32. The monoisotopic (exact) mass is 349 g/mol. The van der Waals surface area contributed by atoms with Gasteiger partial charge in [0.15, 0.2) is 5.69 Å². The first kappa shape index (κ1) is 16.9. The van der Waals surface area contributed by atoms with Crippen LogP contribution >= 0.6 is 0 Å². The zero-order chi connectivity index (χ0) is 17.2. The van der Waals surface area contributed by atoms with E-state index in [4.69, 9.17) is 0 Å². The minimum absolute atomic E-state index is 0.277. The van der Waals surface area contributed by atoms with E-state index < -0.39 is 28.1 Å². The molecule has 0 saturated heterocycles. The van der Waals surface area contributed by atoms with Crippen molar-refractivity contribution in [3.05, 3.63) is 24.3 Å². The molecule has 0 amide bonds. The third-order valence-electron chi connectivity index (χ3n) is 2.75. The highest BCUT2D eigenvalue weighted by molar-refractivity contribution is 7.92. The van der Waals surface area contributed by atoms with Crippen molar-refractivity contribution in [1.29, 1.82) is 0 Å². The summed E-state index contributed by atoms with van der Waals surface area (Å²) in [7, 11) is -1.58. The molecule has 23 heavy (non-hydrogen) atoms.